The van der Waals surface area contributed by atoms with E-state index in [-0.39, 0.29) is 4.90 Å². The Kier molecular flexibility index (Phi) is 3.70. The maximum atomic E-state index is 13.2. The number of piperidine rings is 1. The first kappa shape index (κ1) is 16.6. The van der Waals surface area contributed by atoms with Gasteiger partial charge in [-0.15, -0.1) is 0 Å². The Bertz CT molecular complexity index is 957. The highest BCUT2D eigenvalue weighted by molar-refractivity contribution is 9.10. The minimum Gasteiger partial charge on any atom is -0.468 e. The first-order chi connectivity index (χ1) is 11.8. The van der Waals surface area contributed by atoms with Crippen molar-refractivity contribution in [3.05, 3.63) is 58.6 Å². The van der Waals surface area contributed by atoms with Crippen molar-refractivity contribution in [1.29, 1.82) is 0 Å². The molecule has 1 fully saturated rings. The summed E-state index contributed by atoms with van der Waals surface area (Å²) in [6.45, 7) is 1.77. The van der Waals surface area contributed by atoms with Crippen molar-refractivity contribution >= 4 is 31.7 Å². The Morgan fingerprint density at radius 2 is 1.84 bits per heavy atom. The summed E-state index contributed by atoms with van der Waals surface area (Å²) >= 11 is 3.30. The Morgan fingerprint density at radius 3 is 2.56 bits per heavy atom. The Hall–Kier alpha value is -1.86. The third-order valence-corrected chi connectivity index (χ3v) is 7.42. The summed E-state index contributed by atoms with van der Waals surface area (Å²) in [7, 11) is -3.84. The summed E-state index contributed by atoms with van der Waals surface area (Å²) < 4.78 is 33.1. The van der Waals surface area contributed by atoms with E-state index in [1.165, 1.54) is 12.1 Å². The third kappa shape index (κ3) is 2.66. The van der Waals surface area contributed by atoms with Gasteiger partial charge in [-0.2, -0.15) is 0 Å². The molecule has 2 bridgehead atoms. The zero-order valence-electron chi connectivity index (χ0n) is 13.4. The lowest BCUT2D eigenvalue weighted by atomic mass is 9.81. The van der Waals surface area contributed by atoms with Gasteiger partial charge in [-0.1, -0.05) is 34.1 Å². The molecule has 7 heteroatoms. The van der Waals surface area contributed by atoms with E-state index < -0.39 is 32.6 Å². The van der Waals surface area contributed by atoms with Gasteiger partial charge < -0.3 is 10.1 Å². The molecule has 0 aliphatic carbocycles. The number of sulfone groups is 1. The van der Waals surface area contributed by atoms with Crippen molar-refractivity contribution in [1.82, 2.24) is 5.32 Å². The van der Waals surface area contributed by atoms with Crippen LogP contribution in [0.2, 0.25) is 0 Å². The molecule has 2 aliphatic heterocycles. The monoisotopic (exact) mass is 421 g/mol. The summed E-state index contributed by atoms with van der Waals surface area (Å²) in [5, 5.41) is 1.58. The van der Waals surface area contributed by atoms with Crippen molar-refractivity contribution in [2.24, 2.45) is 0 Å². The van der Waals surface area contributed by atoms with Crippen LogP contribution in [0, 0.1) is 0 Å². The number of nitrogens with one attached hydrogen (secondary N) is 1. The molecule has 2 heterocycles. The number of ether oxygens (including phenoxy) is 1. The highest BCUT2D eigenvalue weighted by Crippen LogP contribution is 2.46. The van der Waals surface area contributed by atoms with E-state index >= 15 is 0 Å². The molecule has 1 amide bonds. The van der Waals surface area contributed by atoms with Crippen LogP contribution in [0.15, 0.2) is 57.9 Å². The molecule has 0 saturated carbocycles. The molecule has 0 spiro atoms. The fourth-order valence-electron chi connectivity index (χ4n) is 3.68. The number of rotatable bonds is 2. The standard InChI is InChI=1S/C18H16BrNO4S/c1-18-10-14(13-4-2-3-5-15(13)24-18)16(17(21)20-18)25(22,23)12-8-6-11(19)7-9-12/h2-9,14,16H,10H2,1H3,(H,20,21)/t14-,16+,18-/m0/s1. The first-order valence-electron chi connectivity index (χ1n) is 7.90. The maximum Gasteiger partial charge on any atom is 0.242 e. The lowest BCUT2D eigenvalue weighted by Crippen LogP contribution is -2.63. The van der Waals surface area contributed by atoms with Crippen LogP contribution in [0.4, 0.5) is 0 Å². The molecule has 0 aromatic heterocycles. The molecule has 25 heavy (non-hydrogen) atoms. The van der Waals surface area contributed by atoms with Crippen molar-refractivity contribution < 1.29 is 17.9 Å². The average molecular weight is 422 g/mol. The van der Waals surface area contributed by atoms with Crippen LogP contribution in [-0.2, 0) is 14.6 Å². The predicted octanol–water partition coefficient (Wildman–Crippen LogP) is 3.00. The van der Waals surface area contributed by atoms with Gasteiger partial charge >= 0.3 is 0 Å². The molecule has 2 aromatic carbocycles. The second kappa shape index (κ2) is 5.57. The summed E-state index contributed by atoms with van der Waals surface area (Å²) in [4.78, 5) is 12.9. The molecule has 1 N–H and O–H groups in total. The number of carbonyl (C=O) groups excluding carboxylic acids is 1. The van der Waals surface area contributed by atoms with Crippen LogP contribution >= 0.6 is 15.9 Å². The van der Waals surface area contributed by atoms with Gasteiger partial charge in [0.1, 0.15) is 5.75 Å². The Balaban J connectivity index is 1.85. The second-order valence-electron chi connectivity index (χ2n) is 6.59. The summed E-state index contributed by atoms with van der Waals surface area (Å²) in [6, 6.07) is 13.7. The smallest absolute Gasteiger partial charge is 0.242 e. The lowest BCUT2D eigenvalue weighted by Gasteiger charge is -2.46. The predicted molar refractivity (Wildman–Crippen MR) is 96.1 cm³/mol. The van der Waals surface area contributed by atoms with E-state index in [1.54, 1.807) is 25.1 Å². The highest BCUT2D eigenvalue weighted by Gasteiger charge is 2.53. The van der Waals surface area contributed by atoms with Gasteiger partial charge in [0.05, 0.1) is 4.90 Å². The summed E-state index contributed by atoms with van der Waals surface area (Å²) in [6.07, 6.45) is 0.413. The minimum absolute atomic E-state index is 0.142. The van der Waals surface area contributed by atoms with E-state index in [2.05, 4.69) is 21.2 Å². The number of hydrogen-bond acceptors (Lipinski definition) is 4. The van der Waals surface area contributed by atoms with Crippen LogP contribution in [0.25, 0.3) is 0 Å². The van der Waals surface area contributed by atoms with Gasteiger partial charge in [0.25, 0.3) is 0 Å². The molecule has 3 atom stereocenters. The van der Waals surface area contributed by atoms with Crippen LogP contribution < -0.4 is 10.1 Å². The van der Waals surface area contributed by atoms with E-state index in [9.17, 15) is 13.2 Å². The van der Waals surface area contributed by atoms with Crippen molar-refractivity contribution in [2.45, 2.75) is 35.1 Å². The SMILES string of the molecule is C[C@@]12C[C@@H](c3ccccc3O1)[C@@H](S(=O)(=O)c1ccc(Br)cc1)C(=O)N2. The van der Waals surface area contributed by atoms with Crippen LogP contribution in [0.5, 0.6) is 5.75 Å². The van der Waals surface area contributed by atoms with Gasteiger partial charge in [-0.25, -0.2) is 8.42 Å². The van der Waals surface area contributed by atoms with Gasteiger partial charge in [0.15, 0.2) is 20.8 Å². The molecule has 2 aliphatic rings. The molecule has 4 rings (SSSR count). The van der Waals surface area contributed by atoms with E-state index in [1.807, 2.05) is 18.2 Å². The zero-order chi connectivity index (χ0) is 17.8. The van der Waals surface area contributed by atoms with E-state index in [0.29, 0.717) is 12.2 Å². The van der Waals surface area contributed by atoms with Crippen LogP contribution in [0.1, 0.15) is 24.8 Å². The largest absolute Gasteiger partial charge is 0.468 e. The fraction of sp³-hybridized carbons (Fsp3) is 0.278. The Morgan fingerprint density at radius 1 is 1.16 bits per heavy atom. The summed E-state index contributed by atoms with van der Waals surface area (Å²) in [5.41, 5.74) is -0.123. The van der Waals surface area contributed by atoms with E-state index in [4.69, 9.17) is 4.74 Å². The Labute approximate surface area is 154 Å². The van der Waals surface area contributed by atoms with Crippen molar-refractivity contribution in [3.8, 4) is 5.75 Å². The van der Waals surface area contributed by atoms with Crippen molar-refractivity contribution in [2.75, 3.05) is 0 Å². The molecule has 0 unspecified atom stereocenters. The molecule has 130 valence electrons. The normalized spacial score (nSPS) is 27.8. The van der Waals surface area contributed by atoms with Gasteiger partial charge in [-0.3, -0.25) is 4.79 Å². The zero-order valence-corrected chi connectivity index (χ0v) is 15.8. The first-order valence-corrected chi connectivity index (χ1v) is 10.2. The number of fused-ring (bicyclic) bond motifs is 4. The van der Waals surface area contributed by atoms with Gasteiger partial charge in [0, 0.05) is 16.8 Å². The third-order valence-electron chi connectivity index (χ3n) is 4.75. The average Bonchev–Trinajstić information content (AvgIpc) is 2.54. The fourth-order valence-corrected chi connectivity index (χ4v) is 5.77. The number of amides is 1. The van der Waals surface area contributed by atoms with Crippen LogP contribution in [0.3, 0.4) is 0 Å². The number of para-hydroxylation sites is 1. The number of carbonyl (C=O) groups is 1. The topological polar surface area (TPSA) is 72.5 Å². The number of halogens is 1. The molecule has 2 aromatic rings. The molecule has 5 nitrogen and oxygen atoms in total. The molecule has 0 radical (unpaired) electrons. The van der Waals surface area contributed by atoms with Gasteiger partial charge in [-0.05, 0) is 42.8 Å². The molecular formula is C18H16BrNO4S. The summed E-state index contributed by atoms with van der Waals surface area (Å²) in [5.74, 6) is -0.342. The maximum absolute atomic E-state index is 13.2. The minimum atomic E-state index is -3.84. The number of hydrogen-bond donors (Lipinski definition) is 1. The van der Waals surface area contributed by atoms with Crippen molar-refractivity contribution in [3.63, 3.8) is 0 Å². The quantitative estimate of drug-likeness (QED) is 0.808. The second-order valence-corrected chi connectivity index (χ2v) is 9.58. The van der Waals surface area contributed by atoms with Gasteiger partial charge in [0.2, 0.25) is 5.91 Å². The molecule has 1 saturated heterocycles. The van der Waals surface area contributed by atoms with Crippen LogP contribution in [-0.4, -0.2) is 25.3 Å². The van der Waals surface area contributed by atoms with E-state index in [0.717, 1.165) is 10.0 Å². The highest BCUT2D eigenvalue weighted by atomic mass is 79.9. The lowest BCUT2D eigenvalue weighted by molar-refractivity contribution is -0.132. The number of benzene rings is 2. The molecular weight excluding hydrogens is 406 g/mol.